The van der Waals surface area contributed by atoms with Gasteiger partial charge in [-0.1, -0.05) is 0 Å². The Hall–Kier alpha value is -0.950. The predicted molar refractivity (Wildman–Crippen MR) is 63.5 cm³/mol. The highest BCUT2D eigenvalue weighted by molar-refractivity contribution is 7.80. The molecule has 4 heteroatoms. The topological polar surface area (TPSA) is 37.4 Å². The average Bonchev–Trinajstić information content (AvgIpc) is 2.20. The molecule has 0 aromatic heterocycles. The molecule has 0 aromatic carbocycles. The molecule has 2 amide bonds. The third-order valence-corrected chi connectivity index (χ3v) is 2.17. The van der Waals surface area contributed by atoms with Gasteiger partial charge in [0, 0.05) is 32.1 Å². The Bertz CT molecular complexity index is 258. The van der Waals surface area contributed by atoms with Crippen molar-refractivity contribution in [1.29, 1.82) is 0 Å². The molecule has 0 N–H and O–H groups in total. The van der Waals surface area contributed by atoms with E-state index >= 15 is 0 Å². The molecule has 0 aliphatic heterocycles. The molecule has 0 rings (SSSR count). The Labute approximate surface area is 96.6 Å². The number of carbonyl (C=O) groups is 2. The van der Waals surface area contributed by atoms with E-state index in [2.05, 4.69) is 18.5 Å². The summed E-state index contributed by atoms with van der Waals surface area (Å²) in [6.45, 7) is 1.77. The quantitative estimate of drug-likeness (QED) is 0.424. The summed E-state index contributed by atoms with van der Waals surface area (Å²) in [6.07, 6.45) is 7.72. The normalized spacial score (nSPS) is 9.40. The van der Waals surface area contributed by atoms with Crippen LogP contribution in [0.1, 0.15) is 32.6 Å². The van der Waals surface area contributed by atoms with Crippen molar-refractivity contribution in [2.75, 3.05) is 12.3 Å². The Balaban J connectivity index is 3.93. The van der Waals surface area contributed by atoms with E-state index in [0.717, 1.165) is 12.8 Å². The highest BCUT2D eigenvalue weighted by Gasteiger charge is 2.15. The SMILES string of the molecule is C#CCCCCC(=O)N(CCS)C(C)=O. The summed E-state index contributed by atoms with van der Waals surface area (Å²) in [7, 11) is 0. The first kappa shape index (κ1) is 14.1. The molecule has 0 fully saturated rings. The smallest absolute Gasteiger partial charge is 0.229 e. The molecule has 0 spiro atoms. The van der Waals surface area contributed by atoms with Crippen molar-refractivity contribution >= 4 is 24.4 Å². The van der Waals surface area contributed by atoms with Gasteiger partial charge in [0.25, 0.3) is 0 Å². The van der Waals surface area contributed by atoms with Crippen LogP contribution in [-0.2, 0) is 9.59 Å². The van der Waals surface area contributed by atoms with E-state index in [9.17, 15) is 9.59 Å². The van der Waals surface area contributed by atoms with Crippen LogP contribution in [0.3, 0.4) is 0 Å². The third-order valence-electron chi connectivity index (χ3n) is 1.97. The van der Waals surface area contributed by atoms with Crippen molar-refractivity contribution in [3.05, 3.63) is 0 Å². The number of thiol groups is 1. The Morgan fingerprint density at radius 2 is 2.07 bits per heavy atom. The fourth-order valence-electron chi connectivity index (χ4n) is 1.20. The van der Waals surface area contributed by atoms with Crippen LogP contribution < -0.4 is 0 Å². The van der Waals surface area contributed by atoms with Crippen LogP contribution in [0.2, 0.25) is 0 Å². The number of unbranched alkanes of at least 4 members (excludes halogenated alkanes) is 2. The first-order valence-corrected chi connectivity index (χ1v) is 5.62. The molecule has 0 aliphatic carbocycles. The Morgan fingerprint density at radius 3 is 2.53 bits per heavy atom. The minimum absolute atomic E-state index is 0.131. The maximum absolute atomic E-state index is 11.6. The van der Waals surface area contributed by atoms with Crippen LogP contribution >= 0.6 is 12.6 Å². The second-order valence-electron chi connectivity index (χ2n) is 3.20. The molecule has 0 unspecified atom stereocenters. The molecule has 3 nitrogen and oxygen atoms in total. The second-order valence-corrected chi connectivity index (χ2v) is 3.65. The molecule has 0 saturated heterocycles. The maximum atomic E-state index is 11.6. The van der Waals surface area contributed by atoms with Gasteiger partial charge in [-0.3, -0.25) is 14.5 Å². The van der Waals surface area contributed by atoms with Crippen molar-refractivity contribution in [3.8, 4) is 12.3 Å². The highest BCUT2D eigenvalue weighted by Crippen LogP contribution is 2.03. The molecule has 0 atom stereocenters. The molecule has 0 bridgehead atoms. The summed E-state index contributed by atoms with van der Waals surface area (Å²) < 4.78 is 0. The van der Waals surface area contributed by atoms with Gasteiger partial charge in [0.1, 0.15) is 0 Å². The van der Waals surface area contributed by atoms with E-state index in [1.807, 2.05) is 0 Å². The van der Waals surface area contributed by atoms with Gasteiger partial charge < -0.3 is 0 Å². The number of hydrogen-bond donors (Lipinski definition) is 1. The van der Waals surface area contributed by atoms with Crippen molar-refractivity contribution in [3.63, 3.8) is 0 Å². The summed E-state index contributed by atoms with van der Waals surface area (Å²) in [4.78, 5) is 23.9. The van der Waals surface area contributed by atoms with E-state index in [1.165, 1.54) is 11.8 Å². The van der Waals surface area contributed by atoms with Crippen LogP contribution in [0.15, 0.2) is 0 Å². The fourth-order valence-corrected chi connectivity index (χ4v) is 1.40. The van der Waals surface area contributed by atoms with Gasteiger partial charge >= 0.3 is 0 Å². The molecule has 0 radical (unpaired) electrons. The average molecular weight is 227 g/mol. The lowest BCUT2D eigenvalue weighted by Crippen LogP contribution is -2.36. The zero-order valence-electron chi connectivity index (χ0n) is 9.03. The largest absolute Gasteiger partial charge is 0.282 e. The fraction of sp³-hybridized carbons (Fsp3) is 0.636. The molecular weight excluding hydrogens is 210 g/mol. The predicted octanol–water partition coefficient (Wildman–Crippen LogP) is 1.48. The van der Waals surface area contributed by atoms with E-state index < -0.39 is 0 Å². The molecular formula is C11H17NO2S. The summed E-state index contributed by atoms with van der Waals surface area (Å²) in [5.41, 5.74) is 0. The van der Waals surface area contributed by atoms with Gasteiger partial charge in [0.15, 0.2) is 0 Å². The lowest BCUT2D eigenvalue weighted by Gasteiger charge is -2.17. The molecule has 84 valence electrons. The zero-order valence-corrected chi connectivity index (χ0v) is 9.93. The van der Waals surface area contributed by atoms with Crippen molar-refractivity contribution in [2.45, 2.75) is 32.6 Å². The van der Waals surface area contributed by atoms with Crippen molar-refractivity contribution < 1.29 is 9.59 Å². The van der Waals surface area contributed by atoms with Crippen LogP contribution in [-0.4, -0.2) is 29.0 Å². The van der Waals surface area contributed by atoms with Gasteiger partial charge in [0.05, 0.1) is 0 Å². The first-order chi connectivity index (χ1) is 7.13. The Morgan fingerprint density at radius 1 is 1.40 bits per heavy atom. The van der Waals surface area contributed by atoms with Gasteiger partial charge in [-0.05, 0) is 12.8 Å². The minimum atomic E-state index is -0.217. The van der Waals surface area contributed by atoms with Gasteiger partial charge in [-0.2, -0.15) is 12.6 Å². The maximum Gasteiger partial charge on any atom is 0.229 e. The van der Waals surface area contributed by atoms with E-state index in [0.29, 0.717) is 25.1 Å². The van der Waals surface area contributed by atoms with Gasteiger partial charge in [0.2, 0.25) is 11.8 Å². The summed E-state index contributed by atoms with van der Waals surface area (Å²) in [5, 5.41) is 0. The molecule has 0 saturated carbocycles. The molecule has 15 heavy (non-hydrogen) atoms. The number of amides is 2. The highest BCUT2D eigenvalue weighted by atomic mass is 32.1. The van der Waals surface area contributed by atoms with Gasteiger partial charge in [-0.15, -0.1) is 12.3 Å². The third kappa shape index (κ3) is 6.19. The minimum Gasteiger partial charge on any atom is -0.282 e. The number of rotatable bonds is 6. The number of carbonyl (C=O) groups excluding carboxylic acids is 2. The molecule has 0 heterocycles. The summed E-state index contributed by atoms with van der Waals surface area (Å²) >= 11 is 4.00. The monoisotopic (exact) mass is 227 g/mol. The standard InChI is InChI=1S/C11H17NO2S/c1-3-4-5-6-7-11(14)12(8-9-15)10(2)13/h1,15H,4-9H2,2H3. The number of terminal acetylenes is 1. The van der Waals surface area contributed by atoms with E-state index in [4.69, 9.17) is 6.42 Å². The van der Waals surface area contributed by atoms with E-state index in [-0.39, 0.29) is 11.8 Å². The van der Waals surface area contributed by atoms with Crippen LogP contribution in [0, 0.1) is 12.3 Å². The molecule has 0 aliphatic rings. The van der Waals surface area contributed by atoms with Crippen molar-refractivity contribution in [2.24, 2.45) is 0 Å². The number of hydrogen-bond acceptors (Lipinski definition) is 3. The van der Waals surface area contributed by atoms with Crippen LogP contribution in [0.25, 0.3) is 0 Å². The van der Waals surface area contributed by atoms with Crippen LogP contribution in [0.5, 0.6) is 0 Å². The lowest BCUT2D eigenvalue weighted by molar-refractivity contribution is -0.143. The van der Waals surface area contributed by atoms with Crippen molar-refractivity contribution in [1.82, 2.24) is 4.90 Å². The summed E-state index contributed by atoms with van der Waals surface area (Å²) in [5.74, 6) is 2.66. The second kappa shape index (κ2) is 8.37. The summed E-state index contributed by atoms with van der Waals surface area (Å²) in [6, 6.07) is 0. The first-order valence-electron chi connectivity index (χ1n) is 4.98. The van der Waals surface area contributed by atoms with Crippen LogP contribution in [0.4, 0.5) is 0 Å². The number of imide groups is 1. The molecule has 0 aromatic rings. The van der Waals surface area contributed by atoms with Gasteiger partial charge in [-0.25, -0.2) is 0 Å². The zero-order chi connectivity index (χ0) is 11.7. The Kier molecular flexibility index (Phi) is 7.84. The lowest BCUT2D eigenvalue weighted by atomic mass is 10.2. The number of nitrogens with zero attached hydrogens (tertiary/aromatic N) is 1. The van der Waals surface area contributed by atoms with E-state index in [1.54, 1.807) is 0 Å².